The van der Waals surface area contributed by atoms with E-state index in [1.165, 1.54) is 6.07 Å². The number of hydrogen-bond acceptors (Lipinski definition) is 7. The van der Waals surface area contributed by atoms with Crippen LogP contribution in [-0.2, 0) is 9.47 Å². The number of quaternary nitrogens is 1. The number of benzene rings is 3. The van der Waals surface area contributed by atoms with E-state index in [0.717, 1.165) is 11.1 Å². The van der Waals surface area contributed by atoms with Crippen LogP contribution in [0, 0.1) is 0 Å². The molecule has 0 unspecified atom stereocenters. The van der Waals surface area contributed by atoms with Crippen molar-refractivity contribution < 1.29 is 18.7 Å². The van der Waals surface area contributed by atoms with Crippen LogP contribution in [0.5, 0.6) is 0 Å². The lowest BCUT2D eigenvalue weighted by Gasteiger charge is -2.37. The van der Waals surface area contributed by atoms with Gasteiger partial charge in [-0.25, -0.2) is 9.28 Å². The van der Waals surface area contributed by atoms with Gasteiger partial charge in [0.15, 0.2) is 11.0 Å². The van der Waals surface area contributed by atoms with Gasteiger partial charge in [0, 0.05) is 5.56 Å². The van der Waals surface area contributed by atoms with Gasteiger partial charge < -0.3 is 13.9 Å². The van der Waals surface area contributed by atoms with E-state index < -0.39 is 5.97 Å². The number of fused-ring (bicyclic) bond motifs is 1. The maximum Gasteiger partial charge on any atom is 0.342 e. The summed E-state index contributed by atoms with van der Waals surface area (Å²) >= 11 is 4.61. The van der Waals surface area contributed by atoms with Crippen LogP contribution in [0.2, 0.25) is 0 Å². The van der Waals surface area contributed by atoms with Crippen molar-refractivity contribution >= 4 is 45.9 Å². The number of nitrogens with zero attached hydrogens (tertiary/aromatic N) is 2. The van der Waals surface area contributed by atoms with E-state index in [-0.39, 0.29) is 16.6 Å². The third-order valence-electron chi connectivity index (χ3n) is 6.34. The van der Waals surface area contributed by atoms with Crippen molar-refractivity contribution in [3.63, 3.8) is 0 Å². The lowest BCUT2D eigenvalue weighted by atomic mass is 10.0. The molecule has 2 heterocycles. The summed E-state index contributed by atoms with van der Waals surface area (Å²) in [6.07, 6.45) is 0. The number of esters is 1. The molecule has 5 rings (SSSR count). The highest BCUT2D eigenvalue weighted by Crippen LogP contribution is 2.33. The van der Waals surface area contributed by atoms with Crippen LogP contribution in [0.4, 0.5) is 11.6 Å². The minimum absolute atomic E-state index is 0.00395. The molecule has 0 N–H and O–H groups in total. The van der Waals surface area contributed by atoms with Gasteiger partial charge in [-0.15, -0.1) is 0 Å². The van der Waals surface area contributed by atoms with Crippen molar-refractivity contribution in [3.8, 4) is 11.1 Å². The van der Waals surface area contributed by atoms with Gasteiger partial charge in [-0.2, -0.15) is 4.99 Å². The molecule has 4 aromatic rings. The molecule has 0 saturated carbocycles. The Morgan fingerprint density at radius 2 is 1.75 bits per heavy atom. The summed E-state index contributed by atoms with van der Waals surface area (Å²) in [7, 11) is 0. The second-order valence-electron chi connectivity index (χ2n) is 8.51. The first-order valence-corrected chi connectivity index (χ1v) is 11.9. The largest absolute Gasteiger partial charge is 0.411 e. The van der Waals surface area contributed by atoms with Crippen LogP contribution in [0.15, 0.2) is 93.1 Å². The van der Waals surface area contributed by atoms with Crippen molar-refractivity contribution in [2.45, 2.75) is 0 Å². The number of carbonyl (C=O) groups excluding carboxylic acids is 1. The Morgan fingerprint density at radius 3 is 2.47 bits per heavy atom. The molecule has 1 aromatic heterocycles. The highest BCUT2D eigenvalue weighted by molar-refractivity contribution is 7.78. The fourth-order valence-electron chi connectivity index (χ4n) is 4.34. The predicted molar refractivity (Wildman–Crippen MR) is 142 cm³/mol. The van der Waals surface area contributed by atoms with Gasteiger partial charge in [-0.05, 0) is 48.1 Å². The Balaban J connectivity index is 1.51. The second-order valence-corrected chi connectivity index (χ2v) is 8.70. The molecule has 1 fully saturated rings. The number of morpholine rings is 1. The average molecular weight is 500 g/mol. The quantitative estimate of drug-likeness (QED) is 0.154. The number of aliphatic imine (C=N–C) groups is 1. The third kappa shape index (κ3) is 4.76. The molecule has 0 radical (unpaired) electrons. The molecular formula is C28H23N2O5S+. The Morgan fingerprint density at radius 1 is 1.00 bits per heavy atom. The van der Waals surface area contributed by atoms with Gasteiger partial charge >= 0.3 is 11.9 Å². The molecule has 0 bridgehead atoms. The van der Waals surface area contributed by atoms with Crippen molar-refractivity contribution in [3.05, 3.63) is 94.6 Å². The molecule has 0 spiro atoms. The number of rotatable bonds is 6. The van der Waals surface area contributed by atoms with Crippen molar-refractivity contribution in [1.29, 1.82) is 0 Å². The molecule has 7 nitrogen and oxygen atoms in total. The van der Waals surface area contributed by atoms with E-state index in [9.17, 15) is 9.59 Å². The van der Waals surface area contributed by atoms with Gasteiger partial charge in [0.05, 0.1) is 41.1 Å². The Bertz CT molecular complexity index is 1500. The van der Waals surface area contributed by atoms with Crippen molar-refractivity contribution in [2.75, 3.05) is 33.0 Å². The summed E-state index contributed by atoms with van der Waals surface area (Å²) in [4.78, 5) is 29.9. The lowest BCUT2D eigenvalue weighted by molar-refractivity contribution is -0.0242. The Kier molecular flexibility index (Phi) is 6.84. The van der Waals surface area contributed by atoms with E-state index in [2.05, 4.69) is 22.4 Å². The van der Waals surface area contributed by atoms with Crippen LogP contribution in [0.3, 0.4) is 0 Å². The number of thiocarbonyl (C=S) groups is 1. The lowest BCUT2D eigenvalue weighted by Crippen LogP contribution is -2.58. The molecule has 3 aromatic carbocycles. The number of para-hydroxylation sites is 1. The first-order chi connectivity index (χ1) is 17.6. The van der Waals surface area contributed by atoms with E-state index in [0.29, 0.717) is 54.4 Å². The summed E-state index contributed by atoms with van der Waals surface area (Å²) in [6, 6.07) is 23.4. The van der Waals surface area contributed by atoms with E-state index in [1.807, 2.05) is 42.5 Å². The zero-order chi connectivity index (χ0) is 25.0. The van der Waals surface area contributed by atoms with E-state index in [1.54, 1.807) is 30.3 Å². The summed E-state index contributed by atoms with van der Waals surface area (Å²) in [5.41, 5.74) is 3.13. The molecule has 36 heavy (non-hydrogen) atoms. The van der Waals surface area contributed by atoms with E-state index in [4.69, 9.17) is 13.9 Å². The Labute approximate surface area is 212 Å². The van der Waals surface area contributed by atoms with Gasteiger partial charge in [0.2, 0.25) is 6.73 Å². The van der Waals surface area contributed by atoms with Gasteiger partial charge in [0.1, 0.15) is 13.1 Å². The topological polar surface area (TPSA) is 78.1 Å². The normalized spacial score (nSPS) is 14.7. The second kappa shape index (κ2) is 10.4. The predicted octanol–water partition coefficient (Wildman–Crippen LogP) is 5.35. The van der Waals surface area contributed by atoms with Crippen molar-refractivity contribution in [2.24, 2.45) is 4.99 Å². The van der Waals surface area contributed by atoms with E-state index >= 15 is 0 Å². The van der Waals surface area contributed by atoms with Crippen LogP contribution in [0.25, 0.3) is 22.1 Å². The standard InChI is InChI=1S/C28H23N2O5S/c31-25-17-26(35-27-23(7-4-8-24(25)27)20-5-2-1-3-6-20)30(13-15-33-16-14-30)19-34-28(32)21-9-11-22(12-10-21)29-18-36/h1-12,17H,13-16,19H2/q+1. The molecule has 0 amide bonds. The SMILES string of the molecule is O=C(OC[N+]1(c2cc(=O)c3cccc(-c4ccccc4)c3o2)CCOCC1)c1ccc(N=C=S)cc1. The molecular weight excluding hydrogens is 476 g/mol. The zero-order valence-corrected chi connectivity index (χ0v) is 20.2. The Hall–Kier alpha value is -3.94. The van der Waals surface area contributed by atoms with Gasteiger partial charge in [-0.1, -0.05) is 42.5 Å². The molecule has 0 atom stereocenters. The molecule has 1 saturated heterocycles. The molecule has 1 aliphatic rings. The van der Waals surface area contributed by atoms with Crippen LogP contribution in [-0.4, -0.2) is 44.2 Å². The van der Waals surface area contributed by atoms with Gasteiger partial charge in [0.25, 0.3) is 0 Å². The summed E-state index contributed by atoms with van der Waals surface area (Å²) in [5, 5.41) is 2.80. The molecule has 180 valence electrons. The number of hydrogen-bond donors (Lipinski definition) is 0. The number of ether oxygens (including phenoxy) is 2. The molecule has 8 heteroatoms. The number of isothiocyanates is 1. The average Bonchev–Trinajstić information content (AvgIpc) is 2.93. The zero-order valence-electron chi connectivity index (χ0n) is 19.4. The smallest absolute Gasteiger partial charge is 0.342 e. The maximum atomic E-state index is 13.2. The first kappa shape index (κ1) is 23.8. The monoisotopic (exact) mass is 499 g/mol. The summed E-state index contributed by atoms with van der Waals surface area (Å²) in [5.74, 6) is -0.0392. The van der Waals surface area contributed by atoms with Crippen LogP contribution in [0.1, 0.15) is 10.4 Å². The highest BCUT2D eigenvalue weighted by atomic mass is 32.1. The maximum absolute atomic E-state index is 13.2. The fraction of sp³-hybridized carbons (Fsp3) is 0.179. The van der Waals surface area contributed by atoms with Gasteiger partial charge in [-0.3, -0.25) is 4.79 Å². The molecule has 1 aliphatic heterocycles. The fourth-order valence-corrected chi connectivity index (χ4v) is 4.44. The minimum atomic E-state index is -0.481. The molecule has 0 aliphatic carbocycles. The minimum Gasteiger partial charge on any atom is -0.411 e. The first-order valence-electron chi connectivity index (χ1n) is 11.5. The third-order valence-corrected chi connectivity index (χ3v) is 6.43. The summed E-state index contributed by atoms with van der Waals surface area (Å²) in [6.45, 7) is 1.90. The highest BCUT2D eigenvalue weighted by Gasteiger charge is 2.38. The van der Waals surface area contributed by atoms with Crippen molar-refractivity contribution in [1.82, 2.24) is 4.48 Å². The summed E-state index contributed by atoms with van der Waals surface area (Å²) < 4.78 is 17.9. The van der Waals surface area contributed by atoms with Crippen LogP contribution >= 0.6 is 12.2 Å². The van der Waals surface area contributed by atoms with Crippen LogP contribution < -0.4 is 9.91 Å². The number of carbonyl (C=O) groups is 1.